The molecule has 2 nitrogen and oxygen atoms in total. The molecule has 0 amide bonds. The Bertz CT molecular complexity index is 580. The summed E-state index contributed by atoms with van der Waals surface area (Å²) in [5.74, 6) is -0.103. The average molecular weight is 619 g/mol. The summed E-state index contributed by atoms with van der Waals surface area (Å²) in [6.07, 6.45) is 50.3. The van der Waals surface area contributed by atoms with Gasteiger partial charge in [0.05, 0.1) is 6.61 Å². The largest absolute Gasteiger partial charge is 0.462 e. The molecule has 0 heterocycles. The van der Waals surface area contributed by atoms with Gasteiger partial charge in [-0.05, 0) is 26.2 Å². The van der Waals surface area contributed by atoms with Crippen LogP contribution in [-0.4, -0.2) is 12.6 Å². The highest BCUT2D eigenvalue weighted by atomic mass is 16.5. The van der Waals surface area contributed by atoms with Gasteiger partial charge in [0.25, 0.3) is 0 Å². The molecule has 0 rings (SSSR count). The molecule has 44 heavy (non-hydrogen) atoms. The van der Waals surface area contributed by atoms with Crippen molar-refractivity contribution in [3.8, 4) is 0 Å². The van der Waals surface area contributed by atoms with Gasteiger partial charge in [-0.15, -0.1) is 0 Å². The maximum atomic E-state index is 12.2. The van der Waals surface area contributed by atoms with E-state index in [-0.39, 0.29) is 5.97 Å². The van der Waals surface area contributed by atoms with Crippen LogP contribution in [0.2, 0.25) is 0 Å². The highest BCUT2D eigenvalue weighted by Crippen LogP contribution is 2.16. The summed E-state index contributed by atoms with van der Waals surface area (Å²) in [7, 11) is 0. The number of allylic oxidation sites excluding steroid dienone is 1. The molecule has 0 saturated heterocycles. The van der Waals surface area contributed by atoms with Crippen LogP contribution < -0.4 is 0 Å². The molecule has 0 spiro atoms. The summed E-state index contributed by atoms with van der Waals surface area (Å²) >= 11 is 0. The molecule has 0 bridgehead atoms. The number of esters is 1. The molecule has 0 aliphatic heterocycles. The molecule has 0 aromatic heterocycles. The van der Waals surface area contributed by atoms with Crippen molar-refractivity contribution in [3.05, 3.63) is 11.6 Å². The van der Waals surface area contributed by atoms with Crippen LogP contribution in [0.3, 0.4) is 0 Å². The Hall–Kier alpha value is -0.790. The molecule has 0 aromatic carbocycles. The molecule has 0 N–H and O–H groups in total. The quantitative estimate of drug-likeness (QED) is 0.0393. The molecule has 0 aromatic rings. The second kappa shape index (κ2) is 38.4. The van der Waals surface area contributed by atoms with Crippen molar-refractivity contribution >= 4 is 5.97 Å². The summed E-state index contributed by atoms with van der Waals surface area (Å²) in [5, 5.41) is 0. The summed E-state index contributed by atoms with van der Waals surface area (Å²) in [6, 6.07) is 0. The van der Waals surface area contributed by atoms with Gasteiger partial charge < -0.3 is 4.74 Å². The first-order chi connectivity index (χ1) is 21.7. The maximum absolute atomic E-state index is 12.2. The summed E-state index contributed by atoms with van der Waals surface area (Å²) in [6.45, 7) is 7.09. The fraction of sp³-hybridized carbons (Fsp3) is 0.929. The van der Waals surface area contributed by atoms with Crippen molar-refractivity contribution in [1.82, 2.24) is 0 Å². The molecule has 0 fully saturated rings. The zero-order valence-electron chi connectivity index (χ0n) is 30.8. The summed E-state index contributed by atoms with van der Waals surface area (Å²) in [4.78, 5) is 12.2. The lowest BCUT2D eigenvalue weighted by molar-refractivity contribution is -0.139. The van der Waals surface area contributed by atoms with Gasteiger partial charge in [0.15, 0.2) is 0 Å². The molecule has 0 aliphatic rings. The van der Waals surface area contributed by atoms with Gasteiger partial charge in [-0.3, -0.25) is 0 Å². The van der Waals surface area contributed by atoms with Gasteiger partial charge in [-0.2, -0.15) is 0 Å². The van der Waals surface area contributed by atoms with Gasteiger partial charge in [0, 0.05) is 5.57 Å². The van der Waals surface area contributed by atoms with Crippen LogP contribution in [0.4, 0.5) is 0 Å². The first kappa shape index (κ1) is 43.2. The minimum Gasteiger partial charge on any atom is -0.462 e. The van der Waals surface area contributed by atoms with E-state index in [4.69, 9.17) is 4.74 Å². The fourth-order valence-corrected chi connectivity index (χ4v) is 6.38. The molecule has 0 radical (unpaired) electrons. The van der Waals surface area contributed by atoms with E-state index in [1.807, 2.05) is 6.92 Å². The minimum atomic E-state index is -0.103. The van der Waals surface area contributed by atoms with E-state index < -0.39 is 0 Å². The normalized spacial score (nSPS) is 11.8. The Morgan fingerprint density at radius 3 is 0.932 bits per heavy atom. The number of carbonyl (C=O) groups excluding carboxylic acids is 1. The van der Waals surface area contributed by atoms with Crippen molar-refractivity contribution in [2.45, 2.75) is 245 Å². The summed E-state index contributed by atoms with van der Waals surface area (Å²) < 4.78 is 5.51. The van der Waals surface area contributed by atoms with Gasteiger partial charge in [0.2, 0.25) is 0 Å². The third kappa shape index (κ3) is 35.7. The Morgan fingerprint density at radius 2 is 0.636 bits per heavy atom. The second-order valence-corrected chi connectivity index (χ2v) is 14.1. The second-order valence-electron chi connectivity index (χ2n) is 14.1. The van der Waals surface area contributed by atoms with E-state index in [1.165, 1.54) is 212 Å². The topological polar surface area (TPSA) is 26.3 Å². The smallest absolute Gasteiger partial charge is 0.333 e. The number of unbranched alkanes of at least 4 members (excludes halogenated alkanes) is 33. The van der Waals surface area contributed by atoms with Crippen LogP contribution in [0.5, 0.6) is 0 Å². The molecule has 2 heteroatoms. The van der Waals surface area contributed by atoms with Crippen molar-refractivity contribution < 1.29 is 9.53 Å². The molecular formula is C42H82O2. The highest BCUT2D eigenvalue weighted by Gasteiger charge is 2.05. The van der Waals surface area contributed by atoms with Crippen LogP contribution in [0, 0.1) is 0 Å². The third-order valence-corrected chi connectivity index (χ3v) is 9.56. The number of hydrogen-bond acceptors (Lipinski definition) is 2. The zero-order chi connectivity index (χ0) is 32.0. The van der Waals surface area contributed by atoms with E-state index in [2.05, 4.69) is 19.9 Å². The van der Waals surface area contributed by atoms with Gasteiger partial charge in [-0.1, -0.05) is 225 Å². The SMILES string of the molecule is CCCCCCCCCCCCCCCCCCC=C(C)C(=O)OCCCCCCCCCCCCCCCCCCCC. The maximum Gasteiger partial charge on any atom is 0.333 e. The lowest BCUT2D eigenvalue weighted by Gasteiger charge is -2.06. The average Bonchev–Trinajstić information content (AvgIpc) is 3.03. The summed E-state index contributed by atoms with van der Waals surface area (Å²) in [5.41, 5.74) is 0.799. The van der Waals surface area contributed by atoms with E-state index in [1.54, 1.807) is 0 Å². The van der Waals surface area contributed by atoms with E-state index in [9.17, 15) is 4.79 Å². The standard InChI is InChI=1S/C42H82O2/c1-4-6-8-10-12-14-16-18-20-22-24-26-28-30-32-34-36-38-40-44-42(43)41(3)39-37-35-33-31-29-27-25-23-21-19-17-15-13-11-9-7-5-2/h39H,4-38,40H2,1-3H3. The van der Waals surface area contributed by atoms with E-state index in [0.717, 1.165) is 18.4 Å². The molecule has 0 atom stereocenters. The van der Waals surface area contributed by atoms with Crippen LogP contribution in [0.25, 0.3) is 0 Å². The lowest BCUT2D eigenvalue weighted by atomic mass is 10.0. The molecule has 0 saturated carbocycles. The molecule has 0 aliphatic carbocycles. The van der Waals surface area contributed by atoms with Gasteiger partial charge >= 0.3 is 5.97 Å². The Morgan fingerprint density at radius 1 is 0.386 bits per heavy atom. The molecule has 0 unspecified atom stereocenters. The van der Waals surface area contributed by atoms with Crippen molar-refractivity contribution in [1.29, 1.82) is 0 Å². The van der Waals surface area contributed by atoms with Crippen LogP contribution in [-0.2, 0) is 9.53 Å². The van der Waals surface area contributed by atoms with Crippen LogP contribution in [0.15, 0.2) is 11.6 Å². The number of carbonyl (C=O) groups is 1. The number of hydrogen-bond donors (Lipinski definition) is 0. The first-order valence-electron chi connectivity index (χ1n) is 20.6. The van der Waals surface area contributed by atoms with E-state index >= 15 is 0 Å². The fourth-order valence-electron chi connectivity index (χ4n) is 6.38. The van der Waals surface area contributed by atoms with Crippen molar-refractivity contribution in [3.63, 3.8) is 0 Å². The first-order valence-corrected chi connectivity index (χ1v) is 20.6. The predicted molar refractivity (Wildman–Crippen MR) is 198 cm³/mol. The van der Waals surface area contributed by atoms with Crippen LogP contribution in [0.1, 0.15) is 245 Å². The zero-order valence-corrected chi connectivity index (χ0v) is 30.8. The molecular weight excluding hydrogens is 536 g/mol. The highest BCUT2D eigenvalue weighted by molar-refractivity contribution is 5.87. The minimum absolute atomic E-state index is 0.103. The monoisotopic (exact) mass is 619 g/mol. The van der Waals surface area contributed by atoms with Gasteiger partial charge in [0.1, 0.15) is 0 Å². The van der Waals surface area contributed by atoms with E-state index in [0.29, 0.717) is 6.61 Å². The third-order valence-electron chi connectivity index (χ3n) is 9.56. The predicted octanol–water partition coefficient (Wildman–Crippen LogP) is 15.2. The Balaban J connectivity index is 3.32. The Kier molecular flexibility index (Phi) is 37.7. The molecule has 262 valence electrons. The van der Waals surface area contributed by atoms with Gasteiger partial charge in [-0.25, -0.2) is 4.79 Å². The lowest BCUT2D eigenvalue weighted by Crippen LogP contribution is -2.07. The van der Waals surface area contributed by atoms with Crippen LogP contribution >= 0.6 is 0 Å². The van der Waals surface area contributed by atoms with Crippen molar-refractivity contribution in [2.75, 3.05) is 6.61 Å². The number of rotatable bonds is 37. The van der Waals surface area contributed by atoms with Crippen molar-refractivity contribution in [2.24, 2.45) is 0 Å². The number of ether oxygens (including phenoxy) is 1. The Labute approximate surface area is 278 Å².